The molecular formula is C21H33N3O5. The molecule has 0 aromatic rings. The number of rotatable bonds is 4. The van der Waals surface area contributed by atoms with Gasteiger partial charge in [0.2, 0.25) is 5.91 Å². The molecule has 29 heavy (non-hydrogen) atoms. The number of nitrogens with one attached hydrogen (secondary N) is 1. The van der Waals surface area contributed by atoms with Gasteiger partial charge in [-0.3, -0.25) is 14.5 Å². The molecule has 5 fully saturated rings. The van der Waals surface area contributed by atoms with Crippen molar-refractivity contribution in [1.82, 2.24) is 15.1 Å². The maximum absolute atomic E-state index is 13.3. The Morgan fingerprint density at radius 1 is 1.03 bits per heavy atom. The highest BCUT2D eigenvalue weighted by Crippen LogP contribution is 2.60. The molecule has 4 bridgehead atoms. The van der Waals surface area contributed by atoms with Crippen molar-refractivity contribution < 1.29 is 24.2 Å². The van der Waals surface area contributed by atoms with Crippen molar-refractivity contribution in [1.29, 1.82) is 0 Å². The van der Waals surface area contributed by atoms with Crippen LogP contribution in [0.4, 0.5) is 4.79 Å². The Morgan fingerprint density at radius 2 is 1.62 bits per heavy atom. The van der Waals surface area contributed by atoms with Crippen molar-refractivity contribution in [3.8, 4) is 0 Å². The minimum atomic E-state index is -0.903. The molecule has 5 rings (SSSR count). The van der Waals surface area contributed by atoms with Crippen LogP contribution in [0.1, 0.15) is 46.0 Å². The molecule has 2 unspecified atom stereocenters. The van der Waals surface area contributed by atoms with Gasteiger partial charge < -0.3 is 20.1 Å². The monoisotopic (exact) mass is 407 g/mol. The van der Waals surface area contributed by atoms with Gasteiger partial charge in [0, 0.05) is 32.2 Å². The first-order chi connectivity index (χ1) is 13.7. The summed E-state index contributed by atoms with van der Waals surface area (Å²) in [5.74, 6) is 1.17. The Balaban J connectivity index is 1.41. The van der Waals surface area contributed by atoms with Crippen LogP contribution in [-0.4, -0.2) is 77.7 Å². The molecule has 2 amide bonds. The van der Waals surface area contributed by atoms with Gasteiger partial charge in [0.15, 0.2) is 0 Å². The molecule has 4 aliphatic carbocycles. The molecule has 1 heterocycles. The van der Waals surface area contributed by atoms with Crippen LogP contribution in [0.25, 0.3) is 0 Å². The number of piperazine rings is 1. The number of carboxylic acid groups (broad SMARTS) is 1. The van der Waals surface area contributed by atoms with Crippen LogP contribution in [0, 0.1) is 23.2 Å². The predicted molar refractivity (Wildman–Crippen MR) is 105 cm³/mol. The zero-order valence-electron chi connectivity index (χ0n) is 17.6. The van der Waals surface area contributed by atoms with Gasteiger partial charge in [-0.2, -0.15) is 0 Å². The number of hydrogen-bond acceptors (Lipinski definition) is 5. The van der Waals surface area contributed by atoms with Gasteiger partial charge in [-0.25, -0.2) is 4.79 Å². The van der Waals surface area contributed by atoms with Crippen LogP contribution < -0.4 is 5.32 Å². The van der Waals surface area contributed by atoms with Gasteiger partial charge in [0.25, 0.3) is 0 Å². The summed E-state index contributed by atoms with van der Waals surface area (Å²) in [7, 11) is 1.48. The van der Waals surface area contributed by atoms with E-state index in [2.05, 4.69) is 10.2 Å². The summed E-state index contributed by atoms with van der Waals surface area (Å²) >= 11 is 0. The number of amides is 2. The second-order valence-corrected chi connectivity index (χ2v) is 10.1. The van der Waals surface area contributed by atoms with Gasteiger partial charge >= 0.3 is 12.1 Å². The van der Waals surface area contributed by atoms with E-state index in [1.165, 1.54) is 12.0 Å². The molecule has 1 saturated heterocycles. The van der Waals surface area contributed by atoms with Crippen molar-refractivity contribution in [2.24, 2.45) is 23.2 Å². The zero-order valence-corrected chi connectivity index (χ0v) is 17.6. The van der Waals surface area contributed by atoms with Crippen molar-refractivity contribution in [3.63, 3.8) is 0 Å². The molecule has 5 aliphatic rings. The summed E-state index contributed by atoms with van der Waals surface area (Å²) in [5.41, 5.74) is -1.03. The molecule has 0 aromatic heterocycles. The highest BCUT2D eigenvalue weighted by Gasteiger charge is 2.59. The van der Waals surface area contributed by atoms with E-state index in [9.17, 15) is 14.4 Å². The Hall–Kier alpha value is -1.83. The van der Waals surface area contributed by atoms with Gasteiger partial charge in [-0.1, -0.05) is 0 Å². The summed E-state index contributed by atoms with van der Waals surface area (Å²) in [6.07, 6.45) is 3.83. The van der Waals surface area contributed by atoms with Gasteiger partial charge in [0.05, 0.1) is 18.1 Å². The molecule has 0 radical (unpaired) electrons. The summed E-state index contributed by atoms with van der Waals surface area (Å²) in [5, 5.41) is 12.5. The number of carbonyl (C=O) groups excluding carboxylic acids is 2. The lowest BCUT2D eigenvalue weighted by atomic mass is 9.48. The van der Waals surface area contributed by atoms with Crippen LogP contribution in [-0.2, 0) is 14.3 Å². The van der Waals surface area contributed by atoms with E-state index in [-0.39, 0.29) is 23.3 Å². The molecule has 8 nitrogen and oxygen atoms in total. The first kappa shape index (κ1) is 20.4. The van der Waals surface area contributed by atoms with Crippen LogP contribution in [0.15, 0.2) is 0 Å². The van der Waals surface area contributed by atoms with Gasteiger partial charge in [0.1, 0.15) is 0 Å². The topological polar surface area (TPSA) is 99.2 Å². The Bertz CT molecular complexity index is 684. The third-order valence-corrected chi connectivity index (χ3v) is 8.09. The minimum Gasteiger partial charge on any atom is -0.469 e. The van der Waals surface area contributed by atoms with Crippen molar-refractivity contribution in [3.05, 3.63) is 0 Å². The Morgan fingerprint density at radius 3 is 2.14 bits per heavy atom. The molecule has 8 heteroatoms. The normalized spacial score (nSPS) is 36.7. The van der Waals surface area contributed by atoms with Crippen LogP contribution in [0.5, 0.6) is 0 Å². The minimum absolute atomic E-state index is 0.00543. The van der Waals surface area contributed by atoms with Crippen LogP contribution in [0.3, 0.4) is 0 Å². The number of esters is 1. The average molecular weight is 408 g/mol. The van der Waals surface area contributed by atoms with E-state index in [1.54, 1.807) is 0 Å². The van der Waals surface area contributed by atoms with E-state index < -0.39 is 11.6 Å². The van der Waals surface area contributed by atoms with Crippen LogP contribution >= 0.6 is 0 Å². The van der Waals surface area contributed by atoms with Crippen molar-refractivity contribution in [2.45, 2.75) is 57.5 Å². The molecule has 0 aromatic carbocycles. The molecule has 0 spiro atoms. The van der Waals surface area contributed by atoms with E-state index in [4.69, 9.17) is 9.84 Å². The van der Waals surface area contributed by atoms with Gasteiger partial charge in [-0.15, -0.1) is 0 Å². The van der Waals surface area contributed by atoms with E-state index in [1.807, 2.05) is 13.8 Å². The number of nitrogens with zero attached hydrogens (tertiary/aromatic N) is 2. The molecular weight excluding hydrogens is 374 g/mol. The fraction of sp³-hybridized carbons (Fsp3) is 0.857. The Labute approximate surface area is 171 Å². The first-order valence-corrected chi connectivity index (χ1v) is 10.8. The quantitative estimate of drug-likeness (QED) is 0.686. The maximum atomic E-state index is 13.3. The summed E-state index contributed by atoms with van der Waals surface area (Å²) in [6, 6.07) is 0.122. The largest absolute Gasteiger partial charge is 0.469 e. The third-order valence-electron chi connectivity index (χ3n) is 8.09. The van der Waals surface area contributed by atoms with Crippen molar-refractivity contribution >= 4 is 18.0 Å². The van der Waals surface area contributed by atoms with E-state index >= 15 is 0 Å². The average Bonchev–Trinajstić information content (AvgIpc) is 2.69. The molecule has 2 atom stereocenters. The lowest BCUT2D eigenvalue weighted by Gasteiger charge is -2.59. The van der Waals surface area contributed by atoms with E-state index in [0.29, 0.717) is 43.9 Å². The van der Waals surface area contributed by atoms with Crippen LogP contribution in [0.2, 0.25) is 0 Å². The lowest BCUT2D eigenvalue weighted by molar-refractivity contribution is -0.171. The number of carbonyl (C=O) groups is 3. The fourth-order valence-corrected chi connectivity index (χ4v) is 6.65. The number of hydrogen-bond donors (Lipinski definition) is 2. The fourth-order valence-electron chi connectivity index (χ4n) is 6.65. The summed E-state index contributed by atoms with van der Waals surface area (Å²) in [6.45, 7) is 5.79. The maximum Gasteiger partial charge on any atom is 0.407 e. The number of methoxy groups -OCH3 is 1. The number of ether oxygens (including phenoxy) is 1. The molecule has 1 aliphatic heterocycles. The second kappa shape index (κ2) is 7.15. The van der Waals surface area contributed by atoms with E-state index in [0.717, 1.165) is 32.1 Å². The zero-order chi connectivity index (χ0) is 21.0. The predicted octanol–water partition coefficient (Wildman–Crippen LogP) is 1.54. The summed E-state index contributed by atoms with van der Waals surface area (Å²) < 4.78 is 5.13. The highest BCUT2D eigenvalue weighted by atomic mass is 16.5. The summed E-state index contributed by atoms with van der Waals surface area (Å²) in [4.78, 5) is 40.4. The molecule has 2 N–H and O–H groups in total. The highest BCUT2D eigenvalue weighted by molar-refractivity contribution is 5.86. The van der Waals surface area contributed by atoms with Crippen molar-refractivity contribution in [2.75, 3.05) is 33.3 Å². The second-order valence-electron chi connectivity index (χ2n) is 10.1. The Kier molecular flexibility index (Phi) is 5.04. The smallest absolute Gasteiger partial charge is 0.407 e. The van der Waals surface area contributed by atoms with Gasteiger partial charge in [-0.05, 0) is 63.7 Å². The SMILES string of the molecule is COC(=O)C12CC3CC(C1)C(NC(=O)C(C)(C)N1CCN(C(=O)O)CC1)C(C3)C2. The lowest BCUT2D eigenvalue weighted by Crippen LogP contribution is -2.66. The first-order valence-electron chi connectivity index (χ1n) is 10.8. The third kappa shape index (κ3) is 3.39. The standard InChI is InChI=1S/C21H33N3O5/c1-20(2,24-6-4-23(5-7-24)19(27)28)17(25)22-16-14-8-13-9-15(16)12-21(10-13,11-14)18(26)29-3/h13-16H,4-12H2,1-3H3,(H,22,25)(H,27,28). The molecule has 4 saturated carbocycles. The molecule has 162 valence electrons.